The van der Waals surface area contributed by atoms with Gasteiger partial charge >= 0.3 is 0 Å². The molecule has 0 fully saturated rings. The van der Waals surface area contributed by atoms with Gasteiger partial charge in [-0.15, -0.1) is 0 Å². The number of benzene rings is 1. The quantitative estimate of drug-likeness (QED) is 0.680. The second kappa shape index (κ2) is 3.73. The highest BCUT2D eigenvalue weighted by molar-refractivity contribution is 5.86. The Kier molecular flexibility index (Phi) is 2.61. The van der Waals surface area contributed by atoms with Crippen molar-refractivity contribution >= 4 is 10.8 Å². The number of pyridine rings is 1. The molecule has 0 aliphatic heterocycles. The van der Waals surface area contributed by atoms with Crippen LogP contribution in [0.25, 0.3) is 10.8 Å². The fourth-order valence-corrected chi connectivity index (χ4v) is 2.18. The van der Waals surface area contributed by atoms with Crippen molar-refractivity contribution in [2.24, 2.45) is 7.05 Å². The van der Waals surface area contributed by atoms with Crippen molar-refractivity contribution in [3.05, 3.63) is 45.9 Å². The van der Waals surface area contributed by atoms with E-state index in [4.69, 9.17) is 0 Å². The van der Waals surface area contributed by atoms with Gasteiger partial charge in [-0.3, -0.25) is 4.79 Å². The summed E-state index contributed by atoms with van der Waals surface area (Å²) in [5, 5.41) is 1.89. The second-order valence-electron chi connectivity index (χ2n) is 5.76. The Morgan fingerprint density at radius 2 is 1.76 bits per heavy atom. The Labute approximate surface area is 102 Å². The van der Waals surface area contributed by atoms with Crippen molar-refractivity contribution in [1.82, 2.24) is 4.57 Å². The molecule has 1 heterocycles. The molecule has 1 aromatic heterocycles. The maximum Gasteiger partial charge on any atom is 0.258 e. The largest absolute Gasteiger partial charge is 0.318 e. The Hall–Kier alpha value is -1.57. The average Bonchev–Trinajstić information content (AvgIpc) is 2.22. The van der Waals surface area contributed by atoms with Crippen LogP contribution < -0.4 is 5.56 Å². The summed E-state index contributed by atoms with van der Waals surface area (Å²) in [6, 6.07) is 6.11. The number of hydrogen-bond donors (Lipinski definition) is 0. The Bertz CT molecular complexity index is 630. The van der Waals surface area contributed by atoms with Crippen LogP contribution in [-0.4, -0.2) is 4.57 Å². The van der Waals surface area contributed by atoms with Crippen LogP contribution in [0.3, 0.4) is 0 Å². The van der Waals surface area contributed by atoms with Crippen molar-refractivity contribution < 1.29 is 0 Å². The zero-order valence-corrected chi connectivity index (χ0v) is 11.2. The van der Waals surface area contributed by atoms with Gasteiger partial charge < -0.3 is 4.57 Å². The standard InChI is InChI=1S/C15H19NO/c1-10-6-7-11-12(8-10)14(17)16(5)9-13(11)15(2,3)4/h6-9H,1-5H3. The van der Waals surface area contributed by atoms with Crippen molar-refractivity contribution in [1.29, 1.82) is 0 Å². The molecule has 2 rings (SSSR count). The molecule has 0 aliphatic carbocycles. The van der Waals surface area contributed by atoms with Crippen LogP contribution in [0.15, 0.2) is 29.2 Å². The Morgan fingerprint density at radius 1 is 1.12 bits per heavy atom. The number of fused-ring (bicyclic) bond motifs is 1. The highest BCUT2D eigenvalue weighted by Gasteiger charge is 2.18. The molecule has 2 aromatic rings. The van der Waals surface area contributed by atoms with Gasteiger partial charge in [0, 0.05) is 18.6 Å². The molecule has 0 spiro atoms. The molecule has 2 nitrogen and oxygen atoms in total. The molecule has 17 heavy (non-hydrogen) atoms. The highest BCUT2D eigenvalue weighted by Crippen LogP contribution is 2.28. The van der Waals surface area contributed by atoms with Crippen LogP contribution in [0.1, 0.15) is 31.9 Å². The van der Waals surface area contributed by atoms with Crippen LogP contribution in [0.5, 0.6) is 0 Å². The van der Waals surface area contributed by atoms with Crippen molar-refractivity contribution in [3.63, 3.8) is 0 Å². The van der Waals surface area contributed by atoms with E-state index in [1.807, 2.05) is 26.2 Å². The molecule has 0 amide bonds. The lowest BCUT2D eigenvalue weighted by atomic mass is 9.85. The number of hydrogen-bond acceptors (Lipinski definition) is 1. The molecule has 0 unspecified atom stereocenters. The van der Waals surface area contributed by atoms with E-state index >= 15 is 0 Å². The first-order valence-electron chi connectivity index (χ1n) is 5.91. The molecule has 2 heteroatoms. The summed E-state index contributed by atoms with van der Waals surface area (Å²) in [5.74, 6) is 0. The van der Waals surface area contributed by atoms with Crippen molar-refractivity contribution in [2.45, 2.75) is 33.1 Å². The van der Waals surface area contributed by atoms with Crippen molar-refractivity contribution in [2.75, 3.05) is 0 Å². The average molecular weight is 229 g/mol. The van der Waals surface area contributed by atoms with Crippen LogP contribution in [0, 0.1) is 6.92 Å². The lowest BCUT2D eigenvalue weighted by Crippen LogP contribution is -2.22. The first kappa shape index (κ1) is 11.9. The zero-order valence-electron chi connectivity index (χ0n) is 11.2. The Morgan fingerprint density at radius 3 is 2.35 bits per heavy atom. The highest BCUT2D eigenvalue weighted by atomic mass is 16.1. The molecule has 0 saturated carbocycles. The third-order valence-electron chi connectivity index (χ3n) is 3.15. The molecular formula is C15H19NO. The van der Waals surface area contributed by atoms with Crippen LogP contribution in [0.4, 0.5) is 0 Å². The topological polar surface area (TPSA) is 22.0 Å². The van der Waals surface area contributed by atoms with E-state index in [0.717, 1.165) is 16.3 Å². The van der Waals surface area contributed by atoms with Crippen molar-refractivity contribution in [3.8, 4) is 0 Å². The lowest BCUT2D eigenvalue weighted by molar-refractivity contribution is 0.587. The molecule has 0 radical (unpaired) electrons. The van der Waals surface area contributed by atoms with Gasteiger partial charge in [0.1, 0.15) is 0 Å². The SMILES string of the molecule is Cc1ccc2c(C(C)(C)C)cn(C)c(=O)c2c1. The first-order valence-corrected chi connectivity index (χ1v) is 5.91. The minimum Gasteiger partial charge on any atom is -0.318 e. The molecule has 0 saturated heterocycles. The van der Waals surface area contributed by atoms with Crippen LogP contribution in [0.2, 0.25) is 0 Å². The normalized spacial score (nSPS) is 12.1. The molecule has 90 valence electrons. The molecule has 0 N–H and O–H groups in total. The summed E-state index contributed by atoms with van der Waals surface area (Å²) in [6.07, 6.45) is 1.96. The summed E-state index contributed by atoms with van der Waals surface area (Å²) in [6.45, 7) is 8.53. The van der Waals surface area contributed by atoms with Gasteiger partial charge in [0.2, 0.25) is 0 Å². The Balaban J connectivity index is 2.97. The van der Waals surface area contributed by atoms with Gasteiger partial charge in [-0.05, 0) is 29.4 Å². The summed E-state index contributed by atoms with van der Waals surface area (Å²) in [5.41, 5.74) is 2.46. The van der Waals surface area contributed by atoms with E-state index in [2.05, 4.69) is 32.9 Å². The summed E-state index contributed by atoms with van der Waals surface area (Å²) in [7, 11) is 1.82. The fraction of sp³-hybridized carbons (Fsp3) is 0.400. The maximum atomic E-state index is 12.1. The summed E-state index contributed by atoms with van der Waals surface area (Å²) in [4.78, 5) is 12.1. The number of nitrogens with zero attached hydrogens (tertiary/aromatic N) is 1. The van der Waals surface area contributed by atoms with Gasteiger partial charge in [0.25, 0.3) is 5.56 Å². The van der Waals surface area contributed by atoms with E-state index in [1.54, 1.807) is 4.57 Å². The molecule has 0 bridgehead atoms. The van der Waals surface area contributed by atoms with Gasteiger partial charge in [0.05, 0.1) is 0 Å². The molecular weight excluding hydrogens is 210 g/mol. The van der Waals surface area contributed by atoms with Gasteiger partial charge in [-0.2, -0.15) is 0 Å². The van der Waals surface area contributed by atoms with Gasteiger partial charge in [-0.25, -0.2) is 0 Å². The monoisotopic (exact) mass is 229 g/mol. The van der Waals surface area contributed by atoms with E-state index in [1.165, 1.54) is 5.56 Å². The second-order valence-corrected chi connectivity index (χ2v) is 5.76. The lowest BCUT2D eigenvalue weighted by Gasteiger charge is -2.22. The van der Waals surface area contributed by atoms with E-state index in [-0.39, 0.29) is 11.0 Å². The smallest absolute Gasteiger partial charge is 0.258 e. The van der Waals surface area contributed by atoms with Crippen LogP contribution in [-0.2, 0) is 12.5 Å². The summed E-state index contributed by atoms with van der Waals surface area (Å²) >= 11 is 0. The van der Waals surface area contributed by atoms with Gasteiger partial charge in [0.15, 0.2) is 0 Å². The number of aryl methyl sites for hydroxylation is 2. The third kappa shape index (κ3) is 1.99. The number of aromatic nitrogens is 1. The molecule has 0 aliphatic rings. The predicted octanol–water partition coefficient (Wildman–Crippen LogP) is 3.14. The molecule has 1 aromatic carbocycles. The molecule has 0 atom stereocenters. The summed E-state index contributed by atoms with van der Waals surface area (Å²) < 4.78 is 1.68. The van der Waals surface area contributed by atoms with E-state index in [0.29, 0.717) is 0 Å². The van der Waals surface area contributed by atoms with Gasteiger partial charge in [-0.1, -0.05) is 38.5 Å². The minimum atomic E-state index is 0.0406. The van der Waals surface area contributed by atoms with E-state index in [9.17, 15) is 4.79 Å². The maximum absolute atomic E-state index is 12.1. The zero-order chi connectivity index (χ0) is 12.8. The van der Waals surface area contributed by atoms with Crippen LogP contribution >= 0.6 is 0 Å². The third-order valence-corrected chi connectivity index (χ3v) is 3.15. The fourth-order valence-electron chi connectivity index (χ4n) is 2.18. The van der Waals surface area contributed by atoms with E-state index < -0.39 is 0 Å². The first-order chi connectivity index (χ1) is 7.80. The predicted molar refractivity (Wildman–Crippen MR) is 72.6 cm³/mol. The number of rotatable bonds is 0. The minimum absolute atomic E-state index is 0.0406.